The average Bonchev–Trinajstić information content (AvgIpc) is 3.11. The van der Waals surface area contributed by atoms with E-state index in [-0.39, 0.29) is 22.8 Å². The zero-order valence-corrected chi connectivity index (χ0v) is 17.7. The normalized spacial score (nSPS) is 11.9. The number of amides is 2. The molecule has 3 rings (SSSR count). The Hall–Kier alpha value is -2.31. The summed E-state index contributed by atoms with van der Waals surface area (Å²) in [6, 6.07) is 16.0. The first-order valence-corrected chi connectivity index (χ1v) is 11.2. The minimum absolute atomic E-state index is 0.0346. The molecule has 0 spiro atoms. The van der Waals surface area contributed by atoms with Gasteiger partial charge in [0.2, 0.25) is 11.8 Å². The Morgan fingerprint density at radius 2 is 1.86 bits per heavy atom. The van der Waals surface area contributed by atoms with E-state index in [1.165, 1.54) is 27.4 Å². The summed E-state index contributed by atoms with van der Waals surface area (Å²) in [5.41, 5.74) is 3.18. The van der Waals surface area contributed by atoms with Crippen LogP contribution in [0.5, 0.6) is 0 Å². The van der Waals surface area contributed by atoms with Crippen LogP contribution in [0.25, 0.3) is 10.1 Å². The maximum atomic E-state index is 12.3. The van der Waals surface area contributed by atoms with Gasteiger partial charge in [0.15, 0.2) is 0 Å². The summed E-state index contributed by atoms with van der Waals surface area (Å²) in [5.74, 6) is 0.114. The molecule has 1 unspecified atom stereocenters. The zero-order valence-electron chi connectivity index (χ0n) is 16.0. The van der Waals surface area contributed by atoms with Gasteiger partial charge in [0, 0.05) is 16.9 Å². The number of aryl methyl sites for hydroxylation is 1. The van der Waals surface area contributed by atoms with Gasteiger partial charge in [-0.05, 0) is 54.8 Å². The van der Waals surface area contributed by atoms with Crippen molar-refractivity contribution in [1.29, 1.82) is 0 Å². The lowest BCUT2D eigenvalue weighted by molar-refractivity contribution is -0.120. The fourth-order valence-electron chi connectivity index (χ4n) is 2.80. The number of benzene rings is 2. The van der Waals surface area contributed by atoms with Crippen LogP contribution in [0.3, 0.4) is 0 Å². The highest BCUT2D eigenvalue weighted by Gasteiger charge is 2.15. The fourth-order valence-corrected chi connectivity index (χ4v) is 4.51. The number of thioether (sulfide) groups is 1. The fraction of sp³-hybridized carbons (Fsp3) is 0.273. The average molecular weight is 413 g/mol. The first-order chi connectivity index (χ1) is 13.5. The molecule has 0 fully saturated rings. The molecule has 0 saturated heterocycles. The quantitative estimate of drug-likeness (QED) is 0.567. The lowest BCUT2D eigenvalue weighted by Crippen LogP contribution is -2.33. The molecule has 6 heteroatoms. The van der Waals surface area contributed by atoms with Crippen LogP contribution >= 0.6 is 23.1 Å². The molecule has 1 aromatic heterocycles. The maximum absolute atomic E-state index is 12.3. The van der Waals surface area contributed by atoms with Gasteiger partial charge in [0.05, 0.1) is 11.0 Å². The molecule has 28 heavy (non-hydrogen) atoms. The van der Waals surface area contributed by atoms with Gasteiger partial charge in [0.25, 0.3) is 0 Å². The highest BCUT2D eigenvalue weighted by atomic mass is 32.2. The lowest BCUT2D eigenvalue weighted by atomic mass is 10.1. The summed E-state index contributed by atoms with van der Waals surface area (Å²) >= 11 is 3.07. The Balaban J connectivity index is 1.39. The van der Waals surface area contributed by atoms with Crippen molar-refractivity contribution in [2.45, 2.75) is 25.5 Å². The molecule has 146 valence electrons. The van der Waals surface area contributed by atoms with Crippen LogP contribution in [0, 0.1) is 6.92 Å². The molecule has 3 aromatic rings. The number of thiophene rings is 1. The summed E-state index contributed by atoms with van der Waals surface area (Å²) in [6.45, 7) is 4.43. The van der Waals surface area contributed by atoms with Crippen LogP contribution in [0.15, 0.2) is 53.9 Å². The smallest absolute Gasteiger partial charge is 0.234 e. The molecule has 1 atom stereocenters. The monoisotopic (exact) mass is 412 g/mol. The van der Waals surface area contributed by atoms with Gasteiger partial charge in [-0.3, -0.25) is 9.59 Å². The predicted octanol–water partition coefficient (Wildman–Crippen LogP) is 4.63. The van der Waals surface area contributed by atoms with E-state index in [0.29, 0.717) is 6.54 Å². The molecule has 0 radical (unpaired) electrons. The van der Waals surface area contributed by atoms with E-state index in [1.807, 2.05) is 50.2 Å². The van der Waals surface area contributed by atoms with Crippen molar-refractivity contribution in [1.82, 2.24) is 5.32 Å². The first kappa shape index (κ1) is 20.4. The van der Waals surface area contributed by atoms with Gasteiger partial charge in [-0.2, -0.15) is 0 Å². The highest BCUT2D eigenvalue weighted by Crippen LogP contribution is 2.25. The number of nitrogens with one attached hydrogen (secondary N) is 2. The van der Waals surface area contributed by atoms with Crippen molar-refractivity contribution in [3.63, 3.8) is 0 Å². The molecule has 0 aliphatic rings. The van der Waals surface area contributed by atoms with E-state index in [1.54, 1.807) is 11.3 Å². The van der Waals surface area contributed by atoms with E-state index in [4.69, 9.17) is 0 Å². The third-order valence-corrected chi connectivity index (χ3v) is 6.58. The highest BCUT2D eigenvalue weighted by molar-refractivity contribution is 8.01. The summed E-state index contributed by atoms with van der Waals surface area (Å²) < 4.78 is 1.27. The second-order valence-electron chi connectivity index (χ2n) is 6.67. The van der Waals surface area contributed by atoms with Crippen LogP contribution in [-0.4, -0.2) is 29.4 Å². The maximum Gasteiger partial charge on any atom is 0.234 e. The van der Waals surface area contributed by atoms with Crippen LogP contribution in [0.1, 0.15) is 18.1 Å². The summed E-state index contributed by atoms with van der Waals surface area (Å²) in [6.07, 6.45) is 0.807. The van der Waals surface area contributed by atoms with Crippen molar-refractivity contribution in [3.05, 3.63) is 65.0 Å². The summed E-state index contributed by atoms with van der Waals surface area (Å²) in [7, 11) is 0. The number of carbonyl (C=O) groups is 2. The molecule has 1 heterocycles. The molecule has 0 aliphatic carbocycles. The van der Waals surface area contributed by atoms with Gasteiger partial charge in [-0.15, -0.1) is 23.1 Å². The van der Waals surface area contributed by atoms with E-state index in [0.717, 1.165) is 17.7 Å². The molecule has 2 amide bonds. The number of anilines is 1. The van der Waals surface area contributed by atoms with Crippen molar-refractivity contribution < 1.29 is 9.59 Å². The van der Waals surface area contributed by atoms with Gasteiger partial charge in [-0.1, -0.05) is 35.9 Å². The molecular formula is C22H24N2O2S2. The Morgan fingerprint density at radius 3 is 2.64 bits per heavy atom. The van der Waals surface area contributed by atoms with E-state index in [9.17, 15) is 9.59 Å². The topological polar surface area (TPSA) is 58.2 Å². The van der Waals surface area contributed by atoms with Crippen molar-refractivity contribution in [2.75, 3.05) is 17.6 Å². The van der Waals surface area contributed by atoms with Crippen molar-refractivity contribution in [3.8, 4) is 0 Å². The number of hydrogen-bond donors (Lipinski definition) is 2. The van der Waals surface area contributed by atoms with Crippen LogP contribution < -0.4 is 10.6 Å². The second-order valence-corrected chi connectivity index (χ2v) is 8.91. The van der Waals surface area contributed by atoms with Gasteiger partial charge in [0.1, 0.15) is 0 Å². The Bertz CT molecular complexity index is 951. The molecule has 2 aromatic carbocycles. The molecule has 2 N–H and O–H groups in total. The number of rotatable bonds is 8. The minimum atomic E-state index is -0.275. The van der Waals surface area contributed by atoms with Crippen molar-refractivity contribution in [2.24, 2.45) is 0 Å². The lowest BCUT2D eigenvalue weighted by Gasteiger charge is -2.12. The van der Waals surface area contributed by atoms with E-state index < -0.39 is 0 Å². The first-order valence-electron chi connectivity index (χ1n) is 9.24. The number of hydrogen-bond acceptors (Lipinski definition) is 4. The molecule has 0 aliphatic heterocycles. The number of carbonyl (C=O) groups excluding carboxylic acids is 2. The van der Waals surface area contributed by atoms with Gasteiger partial charge >= 0.3 is 0 Å². The van der Waals surface area contributed by atoms with Crippen molar-refractivity contribution >= 4 is 50.7 Å². The van der Waals surface area contributed by atoms with Gasteiger partial charge in [-0.25, -0.2) is 0 Å². The SMILES string of the molecule is Cc1ccc(NC(=O)CSC(C)C(=O)NCCc2csc3ccccc23)cc1. The Labute approximate surface area is 173 Å². The standard InChI is InChI=1S/C22H24N2O2S2/c1-15-7-9-18(10-8-15)24-21(25)14-27-16(2)22(26)23-12-11-17-13-28-20-6-4-3-5-19(17)20/h3-10,13,16H,11-12,14H2,1-2H3,(H,23,26)(H,24,25). The summed E-state index contributed by atoms with van der Waals surface area (Å²) in [5, 5.41) is 8.97. The molecule has 0 saturated carbocycles. The molecule has 4 nitrogen and oxygen atoms in total. The minimum Gasteiger partial charge on any atom is -0.355 e. The van der Waals surface area contributed by atoms with E-state index in [2.05, 4.69) is 28.1 Å². The third-order valence-electron chi connectivity index (χ3n) is 4.42. The molecular weight excluding hydrogens is 388 g/mol. The summed E-state index contributed by atoms with van der Waals surface area (Å²) in [4.78, 5) is 24.3. The number of fused-ring (bicyclic) bond motifs is 1. The van der Waals surface area contributed by atoms with Crippen LogP contribution in [0.2, 0.25) is 0 Å². The second kappa shape index (κ2) is 9.75. The Morgan fingerprint density at radius 1 is 1.11 bits per heavy atom. The Kier molecular flexibility index (Phi) is 7.12. The van der Waals surface area contributed by atoms with E-state index >= 15 is 0 Å². The molecule has 0 bridgehead atoms. The van der Waals surface area contributed by atoms with Crippen LogP contribution in [0.4, 0.5) is 5.69 Å². The zero-order chi connectivity index (χ0) is 19.9. The van der Waals surface area contributed by atoms with Crippen LogP contribution in [-0.2, 0) is 16.0 Å². The largest absolute Gasteiger partial charge is 0.355 e. The third kappa shape index (κ3) is 5.59. The predicted molar refractivity (Wildman–Crippen MR) is 120 cm³/mol. The van der Waals surface area contributed by atoms with Gasteiger partial charge < -0.3 is 10.6 Å².